The van der Waals surface area contributed by atoms with Crippen LogP contribution < -0.4 is 19.5 Å². The molecule has 3 aromatic rings. The molecule has 0 aromatic heterocycles. The average molecular weight is 619 g/mol. The Morgan fingerprint density at radius 2 is 1.60 bits per heavy atom. The quantitative estimate of drug-likeness (QED) is 0.181. The van der Waals surface area contributed by atoms with Crippen LogP contribution in [-0.4, -0.2) is 73.6 Å². The molecule has 1 fully saturated rings. The van der Waals surface area contributed by atoms with Gasteiger partial charge in [0.25, 0.3) is 0 Å². The van der Waals surface area contributed by atoms with Gasteiger partial charge in [-0.1, -0.05) is 60.7 Å². The Kier molecular flexibility index (Phi) is 14.0. The van der Waals surface area contributed by atoms with Gasteiger partial charge < -0.3 is 29.7 Å². The van der Waals surface area contributed by atoms with E-state index in [2.05, 4.69) is 58.7 Å². The number of rotatable bonds is 18. The number of hydrogen-bond acceptors (Lipinski definition) is 7. The lowest BCUT2D eigenvalue weighted by Gasteiger charge is -2.34. The van der Waals surface area contributed by atoms with E-state index in [1.165, 1.54) is 25.3 Å². The number of nitrogens with one attached hydrogen (secondary N) is 1. The molecule has 1 saturated heterocycles. The lowest BCUT2D eigenvalue weighted by Crippen LogP contribution is -2.48. The van der Waals surface area contributed by atoms with Crippen LogP contribution in [0, 0.1) is 5.92 Å². The number of benzene rings is 3. The summed E-state index contributed by atoms with van der Waals surface area (Å²) >= 11 is 0. The Morgan fingerprint density at radius 1 is 0.956 bits per heavy atom. The average Bonchev–Trinajstić information content (AvgIpc) is 3.07. The summed E-state index contributed by atoms with van der Waals surface area (Å²) in [4.78, 5) is 15.7. The van der Waals surface area contributed by atoms with E-state index in [0.29, 0.717) is 35.9 Å². The minimum atomic E-state index is -0.735. The maximum Gasteiger partial charge on any atom is 0.224 e. The SMILES string of the molecule is COc1cc(OC[C@H](O)CN2CCCC(C(=O)NC(CCCc3ccccc3)CCCc3ccccc3)C2)cc(CO)c1OC. The number of aliphatic hydroxyl groups is 2. The van der Waals surface area contributed by atoms with Crippen LogP contribution in [0.2, 0.25) is 0 Å². The molecule has 1 amide bonds. The number of likely N-dealkylation sites (tertiary alicyclic amines) is 1. The van der Waals surface area contributed by atoms with Crippen LogP contribution in [0.3, 0.4) is 0 Å². The van der Waals surface area contributed by atoms with Gasteiger partial charge in [0.2, 0.25) is 5.91 Å². The number of β-amino-alcohol motifs (C(OH)–C–C–N with tert-alkyl or cyclic N) is 1. The van der Waals surface area contributed by atoms with Crippen LogP contribution in [0.1, 0.15) is 55.2 Å². The van der Waals surface area contributed by atoms with Gasteiger partial charge in [0.15, 0.2) is 11.5 Å². The molecule has 0 bridgehead atoms. The number of methoxy groups -OCH3 is 2. The van der Waals surface area contributed by atoms with Gasteiger partial charge in [-0.15, -0.1) is 0 Å². The second-order valence-electron chi connectivity index (χ2n) is 12.0. The molecule has 8 nitrogen and oxygen atoms in total. The van der Waals surface area contributed by atoms with Crippen molar-refractivity contribution in [3.63, 3.8) is 0 Å². The van der Waals surface area contributed by atoms with Gasteiger partial charge in [0.05, 0.1) is 26.7 Å². The van der Waals surface area contributed by atoms with Crippen molar-refractivity contribution in [2.75, 3.05) is 40.5 Å². The highest BCUT2D eigenvalue weighted by Gasteiger charge is 2.28. The molecule has 3 N–H and O–H groups in total. The summed E-state index contributed by atoms with van der Waals surface area (Å²) in [5, 5.41) is 23.9. The van der Waals surface area contributed by atoms with Crippen molar-refractivity contribution >= 4 is 5.91 Å². The molecule has 1 heterocycles. The highest BCUT2D eigenvalue weighted by atomic mass is 16.5. The molecule has 3 aromatic carbocycles. The van der Waals surface area contributed by atoms with Crippen LogP contribution in [0.25, 0.3) is 0 Å². The topological polar surface area (TPSA) is 100 Å². The monoisotopic (exact) mass is 618 g/mol. The van der Waals surface area contributed by atoms with Gasteiger partial charge in [0, 0.05) is 30.8 Å². The molecule has 0 radical (unpaired) electrons. The van der Waals surface area contributed by atoms with Crippen molar-refractivity contribution in [2.24, 2.45) is 5.92 Å². The maximum absolute atomic E-state index is 13.5. The molecule has 244 valence electrons. The van der Waals surface area contributed by atoms with E-state index >= 15 is 0 Å². The van der Waals surface area contributed by atoms with E-state index in [0.717, 1.165) is 57.9 Å². The lowest BCUT2D eigenvalue weighted by molar-refractivity contribution is -0.127. The van der Waals surface area contributed by atoms with Gasteiger partial charge in [-0.3, -0.25) is 9.69 Å². The largest absolute Gasteiger partial charge is 0.493 e. The number of piperidine rings is 1. The summed E-state index contributed by atoms with van der Waals surface area (Å²) in [7, 11) is 3.05. The highest BCUT2D eigenvalue weighted by Crippen LogP contribution is 2.35. The fraction of sp³-hybridized carbons (Fsp3) is 0.486. The van der Waals surface area contributed by atoms with Crippen LogP contribution >= 0.6 is 0 Å². The molecule has 2 atom stereocenters. The zero-order valence-corrected chi connectivity index (χ0v) is 26.8. The molecule has 0 aliphatic carbocycles. The first kappa shape index (κ1) is 34.3. The molecule has 1 aliphatic heterocycles. The Morgan fingerprint density at radius 3 is 2.18 bits per heavy atom. The minimum Gasteiger partial charge on any atom is -0.493 e. The molecule has 8 heteroatoms. The Balaban J connectivity index is 1.27. The number of hydrogen-bond donors (Lipinski definition) is 3. The van der Waals surface area contributed by atoms with E-state index in [9.17, 15) is 15.0 Å². The summed E-state index contributed by atoms with van der Waals surface area (Å²) in [6, 6.07) is 24.6. The van der Waals surface area contributed by atoms with Crippen LogP contribution in [0.15, 0.2) is 72.8 Å². The van der Waals surface area contributed by atoms with Crippen LogP contribution in [0.4, 0.5) is 0 Å². The van der Waals surface area contributed by atoms with Gasteiger partial charge in [-0.25, -0.2) is 0 Å². The summed E-state index contributed by atoms with van der Waals surface area (Å²) in [5.41, 5.74) is 3.21. The summed E-state index contributed by atoms with van der Waals surface area (Å²) < 4.78 is 16.6. The summed E-state index contributed by atoms with van der Waals surface area (Å²) in [6.07, 6.45) is 7.01. The van der Waals surface area contributed by atoms with Gasteiger partial charge in [-0.2, -0.15) is 0 Å². The van der Waals surface area contributed by atoms with Crippen molar-refractivity contribution < 1.29 is 29.2 Å². The van der Waals surface area contributed by atoms with E-state index in [4.69, 9.17) is 14.2 Å². The predicted molar refractivity (Wildman–Crippen MR) is 177 cm³/mol. The Bertz CT molecular complexity index is 1220. The van der Waals surface area contributed by atoms with Crippen molar-refractivity contribution in [1.29, 1.82) is 0 Å². The third kappa shape index (κ3) is 11.1. The first-order valence-corrected chi connectivity index (χ1v) is 16.3. The molecular weight excluding hydrogens is 568 g/mol. The summed E-state index contributed by atoms with van der Waals surface area (Å²) in [5.74, 6) is 1.42. The van der Waals surface area contributed by atoms with Gasteiger partial charge in [0.1, 0.15) is 18.5 Å². The maximum atomic E-state index is 13.5. The number of aliphatic hydroxyl groups excluding tert-OH is 2. The number of ether oxygens (including phenoxy) is 3. The van der Waals surface area contributed by atoms with Crippen molar-refractivity contribution in [3.05, 3.63) is 89.5 Å². The second kappa shape index (κ2) is 18.4. The molecule has 1 unspecified atom stereocenters. The van der Waals surface area contributed by atoms with Gasteiger partial charge >= 0.3 is 0 Å². The summed E-state index contributed by atoms with van der Waals surface area (Å²) in [6.45, 7) is 1.73. The highest BCUT2D eigenvalue weighted by molar-refractivity contribution is 5.79. The molecule has 45 heavy (non-hydrogen) atoms. The Hall–Kier alpha value is -3.59. The number of amides is 1. The van der Waals surface area contributed by atoms with Gasteiger partial charge in [-0.05, 0) is 75.1 Å². The normalized spacial score (nSPS) is 15.9. The molecule has 0 spiro atoms. The van der Waals surface area contributed by atoms with Crippen molar-refractivity contribution in [2.45, 2.75) is 70.1 Å². The zero-order chi connectivity index (χ0) is 31.9. The zero-order valence-electron chi connectivity index (χ0n) is 26.8. The minimum absolute atomic E-state index is 0.0820. The third-order valence-corrected chi connectivity index (χ3v) is 8.56. The van der Waals surface area contributed by atoms with Crippen LogP contribution in [0.5, 0.6) is 17.2 Å². The predicted octanol–water partition coefficient (Wildman–Crippen LogP) is 5.18. The number of carbonyl (C=O) groups excluding carboxylic acids is 1. The van der Waals surface area contributed by atoms with Crippen molar-refractivity contribution in [3.8, 4) is 17.2 Å². The molecule has 1 aliphatic rings. The fourth-order valence-corrected chi connectivity index (χ4v) is 6.20. The van der Waals surface area contributed by atoms with E-state index < -0.39 is 6.10 Å². The van der Waals surface area contributed by atoms with E-state index in [1.807, 2.05) is 12.1 Å². The lowest BCUT2D eigenvalue weighted by atomic mass is 9.94. The van der Waals surface area contributed by atoms with Crippen molar-refractivity contribution in [1.82, 2.24) is 10.2 Å². The standard InChI is InChI=1S/C37H50N2O6/c1-43-35-23-34(22-31(26-40)36(35)44-2)45-27-33(41)25-39-21-11-18-30(24-39)37(42)38-32(19-9-16-28-12-5-3-6-13-28)20-10-17-29-14-7-4-8-15-29/h3-8,12-15,22-23,30,32-33,40-41H,9-11,16-21,24-27H2,1-2H3,(H,38,42)/t30?,33-/m1/s1. The van der Waals surface area contributed by atoms with Crippen LogP contribution in [-0.2, 0) is 24.2 Å². The first-order chi connectivity index (χ1) is 22.0. The number of carbonyl (C=O) groups is 1. The molecular formula is C37H50N2O6. The smallest absolute Gasteiger partial charge is 0.224 e. The molecule has 0 saturated carbocycles. The second-order valence-corrected chi connectivity index (χ2v) is 12.0. The first-order valence-electron chi connectivity index (χ1n) is 16.3. The van der Waals surface area contributed by atoms with E-state index in [1.54, 1.807) is 12.1 Å². The number of nitrogens with zero attached hydrogens (tertiary/aromatic N) is 1. The van der Waals surface area contributed by atoms with E-state index in [-0.39, 0.29) is 31.1 Å². The Labute approximate surface area is 268 Å². The third-order valence-electron chi connectivity index (χ3n) is 8.56. The number of aryl methyl sites for hydroxylation is 2. The molecule has 4 rings (SSSR count). The fourth-order valence-electron chi connectivity index (χ4n) is 6.20.